The first-order chi connectivity index (χ1) is 10.9. The van der Waals surface area contributed by atoms with Gasteiger partial charge in [0.05, 0.1) is 0 Å². The molecule has 0 amide bonds. The van der Waals surface area contributed by atoms with E-state index in [1.807, 2.05) is 12.3 Å². The first-order valence-corrected chi connectivity index (χ1v) is 9.79. The van der Waals surface area contributed by atoms with Crippen LogP contribution in [0.2, 0.25) is 0 Å². The third-order valence-electron chi connectivity index (χ3n) is 4.47. The van der Waals surface area contributed by atoms with Crippen molar-refractivity contribution in [3.63, 3.8) is 0 Å². The third-order valence-corrected chi connectivity index (χ3v) is 4.47. The van der Waals surface area contributed by atoms with Crippen molar-refractivity contribution >= 4 is 0 Å². The molecule has 2 heteroatoms. The third kappa shape index (κ3) is 11.7. The van der Waals surface area contributed by atoms with Gasteiger partial charge in [-0.2, -0.15) is 0 Å². The Morgan fingerprint density at radius 1 is 0.636 bits per heavy atom. The van der Waals surface area contributed by atoms with Gasteiger partial charge in [-0.3, -0.25) is 5.01 Å². The smallest absolute Gasteiger partial charge is 0.0386 e. The first kappa shape index (κ1) is 19.1. The van der Waals surface area contributed by atoms with E-state index in [1.165, 1.54) is 89.9 Å². The minimum absolute atomic E-state index is 1.12. The molecule has 0 saturated carbocycles. The van der Waals surface area contributed by atoms with Gasteiger partial charge in [0.2, 0.25) is 0 Å². The van der Waals surface area contributed by atoms with Crippen molar-refractivity contribution in [2.24, 2.45) is 0 Å². The van der Waals surface area contributed by atoms with Crippen molar-refractivity contribution < 1.29 is 0 Å². The number of nitrogens with one attached hydrogen (secondary N) is 1. The van der Waals surface area contributed by atoms with Crippen molar-refractivity contribution in [1.82, 2.24) is 10.4 Å². The highest BCUT2D eigenvalue weighted by Crippen LogP contribution is 2.13. The molecule has 1 heterocycles. The van der Waals surface area contributed by atoms with Crippen molar-refractivity contribution in [2.45, 2.75) is 96.8 Å². The van der Waals surface area contributed by atoms with Gasteiger partial charge in [0.25, 0.3) is 0 Å². The van der Waals surface area contributed by atoms with Crippen LogP contribution in [0.4, 0.5) is 0 Å². The van der Waals surface area contributed by atoms with Crippen molar-refractivity contribution in [3.8, 4) is 0 Å². The molecule has 0 unspecified atom stereocenters. The van der Waals surface area contributed by atoms with Crippen molar-refractivity contribution in [1.29, 1.82) is 0 Å². The van der Waals surface area contributed by atoms with Gasteiger partial charge >= 0.3 is 0 Å². The monoisotopic (exact) mass is 306 g/mol. The lowest BCUT2D eigenvalue weighted by molar-refractivity contribution is 0.303. The average molecular weight is 307 g/mol. The Bertz CT molecular complexity index is 283. The van der Waals surface area contributed by atoms with Crippen LogP contribution in [0.5, 0.6) is 0 Å². The lowest BCUT2D eigenvalue weighted by Gasteiger charge is -2.21. The zero-order chi connectivity index (χ0) is 15.7. The van der Waals surface area contributed by atoms with Crippen LogP contribution in [0, 0.1) is 0 Å². The van der Waals surface area contributed by atoms with Crippen LogP contribution in [0.3, 0.4) is 0 Å². The predicted molar refractivity (Wildman–Crippen MR) is 98.4 cm³/mol. The summed E-state index contributed by atoms with van der Waals surface area (Å²) < 4.78 is 0. The molecule has 0 aromatic rings. The van der Waals surface area contributed by atoms with Gasteiger partial charge < -0.3 is 5.43 Å². The Kier molecular flexibility index (Phi) is 13.0. The van der Waals surface area contributed by atoms with Crippen LogP contribution in [0.15, 0.2) is 24.6 Å². The SMILES string of the molecule is CCCCCCCCCCCCCCCCN1C=CC=CN1. The van der Waals surface area contributed by atoms with E-state index in [0.717, 1.165) is 6.54 Å². The number of allylic oxidation sites excluding steroid dienone is 2. The van der Waals surface area contributed by atoms with Crippen LogP contribution in [0.25, 0.3) is 0 Å². The lowest BCUT2D eigenvalue weighted by atomic mass is 10.0. The topological polar surface area (TPSA) is 15.3 Å². The molecule has 0 fully saturated rings. The molecular weight excluding hydrogens is 268 g/mol. The molecule has 0 spiro atoms. The van der Waals surface area contributed by atoms with E-state index in [0.29, 0.717) is 0 Å². The highest BCUT2D eigenvalue weighted by Gasteiger charge is 1.98. The average Bonchev–Trinajstić information content (AvgIpc) is 2.56. The molecule has 0 bridgehead atoms. The lowest BCUT2D eigenvalue weighted by Crippen LogP contribution is -2.31. The number of rotatable bonds is 15. The number of unbranched alkanes of at least 4 members (excludes halogenated alkanes) is 13. The molecule has 0 aromatic heterocycles. The van der Waals surface area contributed by atoms with Crippen LogP contribution < -0.4 is 5.43 Å². The van der Waals surface area contributed by atoms with Crippen molar-refractivity contribution in [3.05, 3.63) is 24.6 Å². The highest BCUT2D eigenvalue weighted by molar-refractivity contribution is 5.04. The molecule has 1 aliphatic rings. The summed E-state index contributed by atoms with van der Waals surface area (Å²) in [5, 5.41) is 2.17. The van der Waals surface area contributed by atoms with Gasteiger partial charge in [0.1, 0.15) is 0 Å². The van der Waals surface area contributed by atoms with Gasteiger partial charge in [0, 0.05) is 18.9 Å². The number of nitrogens with zero attached hydrogens (tertiary/aromatic N) is 1. The van der Waals surface area contributed by atoms with Gasteiger partial charge in [0.15, 0.2) is 0 Å². The first-order valence-electron chi connectivity index (χ1n) is 9.79. The van der Waals surface area contributed by atoms with Crippen LogP contribution in [0.1, 0.15) is 96.8 Å². The summed E-state index contributed by atoms with van der Waals surface area (Å²) in [5.74, 6) is 0. The Labute approximate surface area is 139 Å². The van der Waals surface area contributed by atoms with E-state index in [9.17, 15) is 0 Å². The molecule has 0 aliphatic carbocycles. The van der Waals surface area contributed by atoms with Gasteiger partial charge in [-0.1, -0.05) is 90.4 Å². The fraction of sp³-hybridized carbons (Fsp3) is 0.800. The van der Waals surface area contributed by atoms with E-state index in [1.54, 1.807) is 0 Å². The number of hydrazine groups is 1. The minimum Gasteiger partial charge on any atom is -0.306 e. The standard InChI is InChI=1S/C20H38N2/c1-2-3-4-5-6-7-8-9-10-11-12-13-14-16-19-22-20-17-15-18-21-22/h15,17-18,20-21H,2-14,16,19H2,1H3. The fourth-order valence-corrected chi connectivity index (χ4v) is 3.01. The predicted octanol–water partition coefficient (Wildman–Crippen LogP) is 6.32. The molecular formula is C20H38N2. The van der Waals surface area contributed by atoms with E-state index in [4.69, 9.17) is 0 Å². The molecule has 0 saturated heterocycles. The summed E-state index contributed by atoms with van der Waals surface area (Å²) in [6.07, 6.45) is 28.2. The van der Waals surface area contributed by atoms with Crippen LogP contribution in [-0.4, -0.2) is 11.6 Å². The Morgan fingerprint density at radius 2 is 1.14 bits per heavy atom. The molecule has 1 aliphatic heterocycles. The summed E-state index contributed by atoms with van der Waals surface area (Å²) in [6.45, 7) is 3.41. The highest BCUT2D eigenvalue weighted by atomic mass is 15.5. The van der Waals surface area contributed by atoms with Gasteiger partial charge in [-0.25, -0.2) is 0 Å². The zero-order valence-electron chi connectivity index (χ0n) is 14.9. The molecule has 0 atom stereocenters. The Balaban J connectivity index is 1.69. The van der Waals surface area contributed by atoms with E-state index in [-0.39, 0.29) is 0 Å². The maximum Gasteiger partial charge on any atom is 0.0386 e. The molecule has 0 radical (unpaired) electrons. The summed E-state index contributed by atoms with van der Waals surface area (Å²) in [4.78, 5) is 0. The van der Waals surface area contributed by atoms with Crippen LogP contribution >= 0.6 is 0 Å². The Hall–Kier alpha value is -0.920. The molecule has 128 valence electrons. The zero-order valence-corrected chi connectivity index (χ0v) is 14.9. The maximum atomic E-state index is 3.23. The second-order valence-electron chi connectivity index (χ2n) is 6.62. The molecule has 1 N–H and O–H groups in total. The largest absolute Gasteiger partial charge is 0.306 e. The van der Waals surface area contributed by atoms with E-state index >= 15 is 0 Å². The maximum absolute atomic E-state index is 3.23. The van der Waals surface area contributed by atoms with Crippen molar-refractivity contribution in [2.75, 3.05) is 6.54 Å². The van der Waals surface area contributed by atoms with E-state index < -0.39 is 0 Å². The molecule has 22 heavy (non-hydrogen) atoms. The molecule has 2 nitrogen and oxygen atoms in total. The molecule has 1 rings (SSSR count). The second-order valence-corrected chi connectivity index (χ2v) is 6.62. The minimum atomic E-state index is 1.12. The van der Waals surface area contributed by atoms with Gasteiger partial charge in [-0.05, 0) is 18.6 Å². The quantitative estimate of drug-likeness (QED) is 0.356. The van der Waals surface area contributed by atoms with Gasteiger partial charge in [-0.15, -0.1) is 0 Å². The summed E-state index contributed by atoms with van der Waals surface area (Å²) >= 11 is 0. The van der Waals surface area contributed by atoms with E-state index in [2.05, 4.69) is 29.6 Å². The van der Waals surface area contributed by atoms with Crippen LogP contribution in [-0.2, 0) is 0 Å². The molecule has 0 aromatic carbocycles. The summed E-state index contributed by atoms with van der Waals surface area (Å²) in [7, 11) is 0. The number of hydrogen-bond donors (Lipinski definition) is 1. The summed E-state index contributed by atoms with van der Waals surface area (Å²) in [6, 6.07) is 0. The summed E-state index contributed by atoms with van der Waals surface area (Å²) in [5.41, 5.74) is 3.23. The Morgan fingerprint density at radius 3 is 1.59 bits per heavy atom. The normalized spacial score (nSPS) is 13.6. The second kappa shape index (κ2) is 15.0. The number of hydrogen-bond acceptors (Lipinski definition) is 2. The fourth-order valence-electron chi connectivity index (χ4n) is 3.01.